The lowest BCUT2D eigenvalue weighted by atomic mass is 10.3. The van der Waals surface area contributed by atoms with Gasteiger partial charge in [0.2, 0.25) is 0 Å². The highest BCUT2D eigenvalue weighted by Gasteiger charge is 2.11. The van der Waals surface area contributed by atoms with Crippen LogP contribution < -0.4 is 5.32 Å². The number of anilines is 1. The minimum absolute atomic E-state index is 0.128. The lowest BCUT2D eigenvalue weighted by Gasteiger charge is -2.14. The molecule has 0 aliphatic heterocycles. The molecule has 2 aromatic rings. The van der Waals surface area contributed by atoms with Crippen LogP contribution in [-0.2, 0) is 13.6 Å². The number of fused-ring (bicyclic) bond motifs is 1. The fourth-order valence-corrected chi connectivity index (χ4v) is 1.82. The summed E-state index contributed by atoms with van der Waals surface area (Å²) >= 11 is 0. The van der Waals surface area contributed by atoms with E-state index < -0.39 is 0 Å². The van der Waals surface area contributed by atoms with Crippen LogP contribution in [-0.4, -0.2) is 57.0 Å². The van der Waals surface area contributed by atoms with Gasteiger partial charge in [0, 0.05) is 20.6 Å². The Morgan fingerprint density at radius 3 is 2.89 bits per heavy atom. The molecule has 0 aliphatic carbocycles. The van der Waals surface area contributed by atoms with Crippen LogP contribution in [0.2, 0.25) is 0 Å². The summed E-state index contributed by atoms with van der Waals surface area (Å²) < 4.78 is 1.73. The number of hydrogen-bond acceptors (Lipinski definition) is 6. The number of aliphatic hydroxyl groups excluding tert-OH is 1. The van der Waals surface area contributed by atoms with Gasteiger partial charge in [-0.3, -0.25) is 9.58 Å². The number of rotatable bonds is 5. The predicted molar refractivity (Wildman–Crippen MR) is 69.3 cm³/mol. The van der Waals surface area contributed by atoms with Crippen molar-refractivity contribution in [2.45, 2.75) is 6.54 Å². The molecular formula is C11H18N6O. The summed E-state index contributed by atoms with van der Waals surface area (Å²) in [6, 6.07) is 0. The van der Waals surface area contributed by atoms with Gasteiger partial charge in [-0.05, 0) is 7.05 Å². The molecule has 0 saturated carbocycles. The Hall–Kier alpha value is -1.73. The third-order valence-corrected chi connectivity index (χ3v) is 2.77. The van der Waals surface area contributed by atoms with Gasteiger partial charge in [0.25, 0.3) is 0 Å². The number of likely N-dealkylation sites (N-methyl/N-ethyl adjacent to an activating group) is 1. The molecule has 2 N–H and O–H groups in total. The lowest BCUT2D eigenvalue weighted by Crippen LogP contribution is -2.23. The monoisotopic (exact) mass is 250 g/mol. The molecule has 0 aromatic carbocycles. The lowest BCUT2D eigenvalue weighted by molar-refractivity contribution is 0.215. The Balaban J connectivity index is 2.36. The molecule has 7 nitrogen and oxygen atoms in total. The molecule has 18 heavy (non-hydrogen) atoms. The van der Waals surface area contributed by atoms with Gasteiger partial charge >= 0.3 is 0 Å². The van der Waals surface area contributed by atoms with Crippen molar-refractivity contribution in [2.75, 3.05) is 32.6 Å². The third-order valence-electron chi connectivity index (χ3n) is 2.77. The van der Waals surface area contributed by atoms with Crippen molar-refractivity contribution in [1.82, 2.24) is 24.6 Å². The second-order valence-electron chi connectivity index (χ2n) is 4.21. The number of nitrogens with zero attached hydrogens (tertiary/aromatic N) is 5. The number of hydrogen-bond donors (Lipinski definition) is 2. The van der Waals surface area contributed by atoms with Gasteiger partial charge in [-0.2, -0.15) is 5.10 Å². The van der Waals surface area contributed by atoms with E-state index in [2.05, 4.69) is 20.4 Å². The van der Waals surface area contributed by atoms with Crippen LogP contribution in [0.5, 0.6) is 0 Å². The van der Waals surface area contributed by atoms with Gasteiger partial charge < -0.3 is 10.4 Å². The van der Waals surface area contributed by atoms with Crippen LogP contribution in [0.1, 0.15) is 5.82 Å². The van der Waals surface area contributed by atoms with Gasteiger partial charge in [0.05, 0.1) is 24.7 Å². The quantitative estimate of drug-likeness (QED) is 0.767. The van der Waals surface area contributed by atoms with Crippen molar-refractivity contribution in [2.24, 2.45) is 7.05 Å². The van der Waals surface area contributed by atoms with E-state index in [9.17, 15) is 0 Å². The third kappa shape index (κ3) is 2.41. The maximum absolute atomic E-state index is 8.89. The van der Waals surface area contributed by atoms with Crippen LogP contribution in [0, 0.1) is 0 Å². The molecule has 2 rings (SSSR count). The van der Waals surface area contributed by atoms with Crippen LogP contribution in [0.4, 0.5) is 5.82 Å². The molecule has 7 heteroatoms. The van der Waals surface area contributed by atoms with Crippen LogP contribution in [0.15, 0.2) is 6.20 Å². The summed E-state index contributed by atoms with van der Waals surface area (Å²) in [6.07, 6.45) is 1.75. The van der Waals surface area contributed by atoms with Crippen molar-refractivity contribution in [3.8, 4) is 0 Å². The van der Waals surface area contributed by atoms with Crippen LogP contribution in [0.25, 0.3) is 11.0 Å². The Bertz CT molecular complexity index is 538. The number of aliphatic hydroxyl groups is 1. The van der Waals surface area contributed by atoms with E-state index >= 15 is 0 Å². The summed E-state index contributed by atoms with van der Waals surface area (Å²) in [5.41, 5.74) is 0.807. The second kappa shape index (κ2) is 5.28. The van der Waals surface area contributed by atoms with Crippen molar-refractivity contribution in [1.29, 1.82) is 0 Å². The number of aryl methyl sites for hydroxylation is 1. The zero-order chi connectivity index (χ0) is 13.1. The van der Waals surface area contributed by atoms with E-state index in [1.165, 1.54) is 0 Å². The van der Waals surface area contributed by atoms with Crippen molar-refractivity contribution < 1.29 is 5.11 Å². The SMILES string of the molecule is CNc1nc(CN(C)CCO)nc2c1cnn2C. The topological polar surface area (TPSA) is 79.1 Å². The Labute approximate surface area is 105 Å². The predicted octanol–water partition coefficient (Wildman–Crippen LogP) is -0.171. The summed E-state index contributed by atoms with van der Waals surface area (Å²) in [7, 11) is 5.61. The molecule has 0 atom stereocenters. The Morgan fingerprint density at radius 1 is 1.44 bits per heavy atom. The molecule has 0 fully saturated rings. The highest BCUT2D eigenvalue weighted by atomic mass is 16.3. The Morgan fingerprint density at radius 2 is 2.22 bits per heavy atom. The molecule has 0 radical (unpaired) electrons. The first kappa shape index (κ1) is 12.7. The summed E-state index contributed by atoms with van der Waals surface area (Å²) in [4.78, 5) is 10.9. The first-order valence-corrected chi connectivity index (χ1v) is 5.81. The normalized spacial score (nSPS) is 11.4. The van der Waals surface area contributed by atoms with E-state index in [1.54, 1.807) is 10.9 Å². The van der Waals surface area contributed by atoms with Gasteiger partial charge in [-0.25, -0.2) is 9.97 Å². The molecule has 0 bridgehead atoms. The molecule has 0 amide bonds. The maximum atomic E-state index is 8.89. The number of aromatic nitrogens is 4. The van der Waals surface area contributed by atoms with Gasteiger partial charge in [0.15, 0.2) is 5.65 Å². The van der Waals surface area contributed by atoms with E-state index in [0.29, 0.717) is 18.9 Å². The average molecular weight is 250 g/mol. The highest BCUT2D eigenvalue weighted by molar-refractivity contribution is 5.86. The standard InChI is InChI=1S/C11H18N6O/c1-12-10-8-6-13-17(3)11(8)15-9(14-10)7-16(2)4-5-18/h6,18H,4-5,7H2,1-3H3,(H,12,14,15). The molecule has 0 saturated heterocycles. The molecule has 2 aromatic heterocycles. The molecule has 0 aliphatic rings. The van der Waals surface area contributed by atoms with Crippen molar-refractivity contribution in [3.05, 3.63) is 12.0 Å². The smallest absolute Gasteiger partial charge is 0.163 e. The number of nitrogens with one attached hydrogen (secondary N) is 1. The molecule has 0 unspecified atom stereocenters. The minimum Gasteiger partial charge on any atom is -0.395 e. The maximum Gasteiger partial charge on any atom is 0.163 e. The van der Waals surface area contributed by atoms with Gasteiger partial charge in [0.1, 0.15) is 11.6 Å². The fourth-order valence-electron chi connectivity index (χ4n) is 1.82. The largest absolute Gasteiger partial charge is 0.395 e. The van der Waals surface area contributed by atoms with Crippen LogP contribution in [0.3, 0.4) is 0 Å². The first-order valence-electron chi connectivity index (χ1n) is 5.81. The fraction of sp³-hybridized carbons (Fsp3) is 0.545. The first-order chi connectivity index (χ1) is 8.65. The van der Waals surface area contributed by atoms with Crippen molar-refractivity contribution in [3.63, 3.8) is 0 Å². The molecule has 98 valence electrons. The molecular weight excluding hydrogens is 232 g/mol. The molecule has 2 heterocycles. The Kier molecular flexibility index (Phi) is 3.73. The van der Waals surface area contributed by atoms with Gasteiger partial charge in [-0.1, -0.05) is 0 Å². The van der Waals surface area contributed by atoms with Gasteiger partial charge in [-0.15, -0.1) is 0 Å². The zero-order valence-electron chi connectivity index (χ0n) is 10.9. The minimum atomic E-state index is 0.128. The molecule has 0 spiro atoms. The van der Waals surface area contributed by atoms with E-state index in [1.807, 2.05) is 26.0 Å². The summed E-state index contributed by atoms with van der Waals surface area (Å²) in [6.45, 7) is 1.32. The van der Waals surface area contributed by atoms with E-state index in [0.717, 1.165) is 16.9 Å². The second-order valence-corrected chi connectivity index (χ2v) is 4.21. The average Bonchev–Trinajstić information content (AvgIpc) is 2.71. The van der Waals surface area contributed by atoms with E-state index in [4.69, 9.17) is 5.11 Å². The van der Waals surface area contributed by atoms with Crippen molar-refractivity contribution >= 4 is 16.9 Å². The highest BCUT2D eigenvalue weighted by Crippen LogP contribution is 2.19. The zero-order valence-corrected chi connectivity index (χ0v) is 10.9. The van der Waals surface area contributed by atoms with E-state index in [-0.39, 0.29) is 6.61 Å². The summed E-state index contributed by atoms with van der Waals surface area (Å²) in [5.74, 6) is 1.49. The van der Waals surface area contributed by atoms with Crippen LogP contribution >= 0.6 is 0 Å². The summed E-state index contributed by atoms with van der Waals surface area (Å²) in [5, 5.41) is 17.0.